The zero-order chi connectivity index (χ0) is 20.3. The Bertz CT molecular complexity index is 1010. The molecule has 1 amide bonds. The molecule has 2 fully saturated rings. The molecule has 0 bridgehead atoms. The van der Waals surface area contributed by atoms with E-state index in [9.17, 15) is 4.79 Å². The zero-order valence-corrected chi connectivity index (χ0v) is 17.4. The number of amides is 1. The van der Waals surface area contributed by atoms with E-state index in [0.29, 0.717) is 35.9 Å². The second-order valence-electron chi connectivity index (χ2n) is 7.31. The van der Waals surface area contributed by atoms with Gasteiger partial charge in [-0.25, -0.2) is 4.98 Å². The van der Waals surface area contributed by atoms with Crippen molar-refractivity contribution in [3.8, 4) is 0 Å². The van der Waals surface area contributed by atoms with Gasteiger partial charge in [-0.2, -0.15) is 15.0 Å². The van der Waals surface area contributed by atoms with E-state index in [4.69, 9.17) is 9.72 Å². The highest BCUT2D eigenvalue weighted by atomic mass is 32.1. The van der Waals surface area contributed by atoms with Crippen LogP contribution in [0.2, 0.25) is 0 Å². The molecule has 2 aliphatic rings. The van der Waals surface area contributed by atoms with Gasteiger partial charge in [-0.15, -0.1) is 11.3 Å². The number of aromatic nitrogens is 4. The number of para-hydroxylation sites is 1. The molecule has 9 nitrogen and oxygen atoms in total. The molecule has 0 unspecified atom stereocenters. The molecular formula is C20H23N7O2S. The first kappa shape index (κ1) is 19.1. The molecule has 0 spiro atoms. The number of carbonyl (C=O) groups is 1. The van der Waals surface area contributed by atoms with Gasteiger partial charge in [0.25, 0.3) is 5.91 Å². The van der Waals surface area contributed by atoms with Gasteiger partial charge in [-0.1, -0.05) is 12.1 Å². The molecule has 0 saturated carbocycles. The Hall–Kier alpha value is -2.85. The van der Waals surface area contributed by atoms with Crippen molar-refractivity contribution in [1.29, 1.82) is 0 Å². The topological polar surface area (TPSA) is 96.4 Å². The maximum absolute atomic E-state index is 12.6. The van der Waals surface area contributed by atoms with Crippen molar-refractivity contribution in [3.05, 3.63) is 35.1 Å². The van der Waals surface area contributed by atoms with Gasteiger partial charge in [0.2, 0.25) is 11.9 Å². The highest BCUT2D eigenvalue weighted by Gasteiger charge is 2.21. The molecule has 10 heteroatoms. The van der Waals surface area contributed by atoms with Gasteiger partial charge in [-0.05, 0) is 25.0 Å². The average molecular weight is 426 g/mol. The number of hydrogen-bond donors (Lipinski definition) is 1. The van der Waals surface area contributed by atoms with E-state index in [1.54, 1.807) is 0 Å². The summed E-state index contributed by atoms with van der Waals surface area (Å²) in [6.07, 6.45) is 2.28. The summed E-state index contributed by atoms with van der Waals surface area (Å²) in [7, 11) is 0. The molecule has 1 aromatic carbocycles. The predicted molar refractivity (Wildman–Crippen MR) is 115 cm³/mol. The van der Waals surface area contributed by atoms with E-state index in [1.165, 1.54) is 11.3 Å². The van der Waals surface area contributed by atoms with Crippen LogP contribution >= 0.6 is 11.3 Å². The first-order valence-electron chi connectivity index (χ1n) is 10.2. The molecule has 5 rings (SSSR count). The minimum Gasteiger partial charge on any atom is -0.378 e. The van der Waals surface area contributed by atoms with Crippen LogP contribution in [-0.2, 0) is 11.3 Å². The normalized spacial score (nSPS) is 16.9. The summed E-state index contributed by atoms with van der Waals surface area (Å²) >= 11 is 1.38. The zero-order valence-electron chi connectivity index (χ0n) is 16.6. The Morgan fingerprint density at radius 2 is 1.67 bits per heavy atom. The molecular weight excluding hydrogens is 402 g/mol. The Labute approximate surface area is 178 Å². The second kappa shape index (κ2) is 8.49. The summed E-state index contributed by atoms with van der Waals surface area (Å²) in [6, 6.07) is 7.74. The summed E-state index contributed by atoms with van der Waals surface area (Å²) < 4.78 is 6.44. The number of morpholine rings is 1. The lowest BCUT2D eigenvalue weighted by molar-refractivity contribution is 0.0949. The van der Waals surface area contributed by atoms with E-state index >= 15 is 0 Å². The predicted octanol–water partition coefficient (Wildman–Crippen LogP) is 1.85. The Balaban J connectivity index is 1.35. The fraction of sp³-hybridized carbons (Fsp3) is 0.450. The third-order valence-electron chi connectivity index (χ3n) is 5.24. The SMILES string of the molecule is O=C(NCc1nc(N2CCCC2)nc(N2CCOCC2)n1)c1nc2ccccc2s1. The summed E-state index contributed by atoms with van der Waals surface area (Å²) in [6.45, 7) is 4.95. The number of anilines is 2. The first-order valence-corrected chi connectivity index (χ1v) is 11.0. The molecule has 2 saturated heterocycles. The van der Waals surface area contributed by atoms with Gasteiger partial charge in [0.15, 0.2) is 10.8 Å². The highest BCUT2D eigenvalue weighted by molar-refractivity contribution is 7.20. The van der Waals surface area contributed by atoms with Crippen molar-refractivity contribution in [2.24, 2.45) is 0 Å². The van der Waals surface area contributed by atoms with E-state index in [-0.39, 0.29) is 12.5 Å². The smallest absolute Gasteiger partial charge is 0.280 e. The van der Waals surface area contributed by atoms with Gasteiger partial charge in [0.05, 0.1) is 30.0 Å². The van der Waals surface area contributed by atoms with Gasteiger partial charge in [-0.3, -0.25) is 4.79 Å². The lowest BCUT2D eigenvalue weighted by atomic mass is 10.3. The lowest BCUT2D eigenvalue weighted by Gasteiger charge is -2.28. The average Bonchev–Trinajstić information content (AvgIpc) is 3.48. The van der Waals surface area contributed by atoms with Gasteiger partial charge >= 0.3 is 0 Å². The van der Waals surface area contributed by atoms with Crippen LogP contribution < -0.4 is 15.1 Å². The molecule has 1 N–H and O–H groups in total. The van der Waals surface area contributed by atoms with E-state index in [1.807, 2.05) is 24.3 Å². The molecule has 156 valence electrons. The summed E-state index contributed by atoms with van der Waals surface area (Å²) in [5, 5.41) is 3.36. The summed E-state index contributed by atoms with van der Waals surface area (Å²) in [4.78, 5) is 35.3. The van der Waals surface area contributed by atoms with Crippen molar-refractivity contribution in [2.45, 2.75) is 19.4 Å². The third-order valence-corrected chi connectivity index (χ3v) is 6.27. The fourth-order valence-corrected chi connectivity index (χ4v) is 4.52. The number of benzene rings is 1. The Morgan fingerprint density at radius 1 is 0.967 bits per heavy atom. The number of thiazole rings is 1. The van der Waals surface area contributed by atoms with Crippen molar-refractivity contribution >= 4 is 39.4 Å². The van der Waals surface area contributed by atoms with E-state index < -0.39 is 0 Å². The van der Waals surface area contributed by atoms with Gasteiger partial charge < -0.3 is 19.9 Å². The van der Waals surface area contributed by atoms with Crippen LogP contribution in [0.4, 0.5) is 11.9 Å². The van der Waals surface area contributed by atoms with Gasteiger partial charge in [0, 0.05) is 26.2 Å². The lowest BCUT2D eigenvalue weighted by Crippen LogP contribution is -2.38. The minimum absolute atomic E-state index is 0.216. The number of rotatable bonds is 5. The van der Waals surface area contributed by atoms with E-state index in [2.05, 4.69) is 30.1 Å². The third kappa shape index (κ3) is 4.05. The monoisotopic (exact) mass is 425 g/mol. The van der Waals surface area contributed by atoms with Gasteiger partial charge in [0.1, 0.15) is 0 Å². The highest BCUT2D eigenvalue weighted by Crippen LogP contribution is 2.22. The quantitative estimate of drug-likeness (QED) is 0.662. The molecule has 2 aliphatic heterocycles. The molecule has 0 aliphatic carbocycles. The molecule has 4 heterocycles. The van der Waals surface area contributed by atoms with Crippen LogP contribution in [0.3, 0.4) is 0 Å². The molecule has 0 radical (unpaired) electrons. The van der Waals surface area contributed by atoms with Crippen LogP contribution in [0.5, 0.6) is 0 Å². The molecule has 0 atom stereocenters. The van der Waals surface area contributed by atoms with Crippen LogP contribution in [-0.4, -0.2) is 65.2 Å². The maximum atomic E-state index is 12.6. The number of fused-ring (bicyclic) bond motifs is 1. The summed E-state index contributed by atoms with van der Waals surface area (Å²) in [5.41, 5.74) is 0.832. The molecule has 30 heavy (non-hydrogen) atoms. The van der Waals surface area contributed by atoms with Crippen LogP contribution in [0.25, 0.3) is 10.2 Å². The Morgan fingerprint density at radius 3 is 2.40 bits per heavy atom. The number of nitrogens with zero attached hydrogens (tertiary/aromatic N) is 6. The molecule has 3 aromatic rings. The molecule has 2 aromatic heterocycles. The van der Waals surface area contributed by atoms with Crippen LogP contribution in [0.1, 0.15) is 28.5 Å². The van der Waals surface area contributed by atoms with E-state index in [0.717, 1.165) is 49.2 Å². The largest absolute Gasteiger partial charge is 0.378 e. The second-order valence-corrected chi connectivity index (χ2v) is 8.35. The Kier molecular flexibility index (Phi) is 5.41. The van der Waals surface area contributed by atoms with Crippen molar-refractivity contribution in [1.82, 2.24) is 25.3 Å². The maximum Gasteiger partial charge on any atom is 0.280 e. The van der Waals surface area contributed by atoms with Crippen molar-refractivity contribution in [2.75, 3.05) is 49.2 Å². The standard InChI is InChI=1S/C20H23N7O2S/c28-17(18-22-14-5-1-2-6-15(14)30-18)21-13-16-23-19(26-7-3-4-8-26)25-20(24-16)27-9-11-29-12-10-27/h1-2,5-6H,3-4,7-13H2,(H,21,28). The minimum atomic E-state index is -0.216. The number of ether oxygens (including phenoxy) is 1. The first-order chi connectivity index (χ1) is 14.8. The summed E-state index contributed by atoms with van der Waals surface area (Å²) in [5.74, 6) is 1.68. The van der Waals surface area contributed by atoms with Crippen LogP contribution in [0.15, 0.2) is 24.3 Å². The van der Waals surface area contributed by atoms with Crippen molar-refractivity contribution < 1.29 is 9.53 Å². The fourth-order valence-electron chi connectivity index (χ4n) is 3.64. The number of nitrogens with one attached hydrogen (secondary N) is 1. The number of carbonyl (C=O) groups excluding carboxylic acids is 1. The van der Waals surface area contributed by atoms with Crippen LogP contribution in [0, 0.1) is 0 Å². The van der Waals surface area contributed by atoms with Crippen molar-refractivity contribution in [3.63, 3.8) is 0 Å². The number of hydrogen-bond acceptors (Lipinski definition) is 9.